The third kappa shape index (κ3) is 5.75. The second-order valence-electron chi connectivity index (χ2n) is 7.53. The lowest BCUT2D eigenvalue weighted by molar-refractivity contribution is -0.118. The van der Waals surface area contributed by atoms with Crippen LogP contribution in [0, 0.1) is 0 Å². The molecule has 2 amide bonds. The molecule has 0 aliphatic carbocycles. The number of carbonyl (C=O) groups is 2. The lowest BCUT2D eigenvalue weighted by Gasteiger charge is -2.21. The predicted octanol–water partition coefficient (Wildman–Crippen LogP) is 3.42. The molecule has 0 spiro atoms. The van der Waals surface area contributed by atoms with Crippen molar-refractivity contribution in [1.29, 1.82) is 0 Å². The molecule has 9 heteroatoms. The number of rotatable bonds is 9. The van der Waals surface area contributed by atoms with Gasteiger partial charge in [-0.15, -0.1) is 0 Å². The molecule has 0 atom stereocenters. The van der Waals surface area contributed by atoms with Crippen LogP contribution in [0.15, 0.2) is 60.7 Å². The molecule has 1 heterocycles. The van der Waals surface area contributed by atoms with Gasteiger partial charge in [0.25, 0.3) is 11.8 Å². The Morgan fingerprint density at radius 1 is 0.886 bits per heavy atom. The average molecular weight is 479 g/mol. The van der Waals surface area contributed by atoms with Gasteiger partial charge in [0.05, 0.1) is 19.9 Å². The molecule has 9 nitrogen and oxygen atoms in total. The fourth-order valence-corrected chi connectivity index (χ4v) is 3.56. The van der Waals surface area contributed by atoms with Crippen LogP contribution >= 0.6 is 0 Å². The fraction of sp³-hybridized carbons (Fsp3) is 0.231. The van der Waals surface area contributed by atoms with E-state index in [-0.39, 0.29) is 25.0 Å². The molecule has 2 N–H and O–H groups in total. The number of hydrogen-bond donors (Lipinski definition) is 2. The molecule has 0 saturated heterocycles. The Hall–Kier alpha value is -4.40. The Labute approximate surface area is 202 Å². The maximum Gasteiger partial charge on any atom is 0.262 e. The lowest BCUT2D eigenvalue weighted by Crippen LogP contribution is -2.24. The van der Waals surface area contributed by atoms with E-state index in [0.29, 0.717) is 53.2 Å². The molecule has 3 aromatic carbocycles. The summed E-state index contributed by atoms with van der Waals surface area (Å²) in [5.74, 6) is 1.86. The van der Waals surface area contributed by atoms with Gasteiger partial charge in [-0.2, -0.15) is 0 Å². The molecule has 182 valence electrons. The fourth-order valence-electron chi connectivity index (χ4n) is 3.56. The summed E-state index contributed by atoms with van der Waals surface area (Å²) < 4.78 is 27.5. The summed E-state index contributed by atoms with van der Waals surface area (Å²) >= 11 is 0. The number of hydrogen-bond acceptors (Lipinski definition) is 7. The number of para-hydroxylation sites is 3. The van der Waals surface area contributed by atoms with Crippen LogP contribution in [0.2, 0.25) is 0 Å². The van der Waals surface area contributed by atoms with Gasteiger partial charge in [0.2, 0.25) is 0 Å². The standard InChI is InChI=1S/C26H26N2O7/c1-31-20-8-4-3-7-19(20)28-24(29)16-35-21-11-10-17(14-23(21)32-2)26(30)27-15-18-6-5-9-22-25(18)34-13-12-33-22/h3-11,14H,12-13,15-16H2,1-2H3,(H,27,30)(H,28,29). The lowest BCUT2D eigenvalue weighted by atomic mass is 10.1. The van der Waals surface area contributed by atoms with E-state index < -0.39 is 0 Å². The third-order valence-corrected chi connectivity index (χ3v) is 5.25. The number of anilines is 1. The van der Waals surface area contributed by atoms with Gasteiger partial charge < -0.3 is 34.3 Å². The van der Waals surface area contributed by atoms with Crippen molar-refractivity contribution in [2.45, 2.75) is 6.54 Å². The second-order valence-corrected chi connectivity index (χ2v) is 7.53. The van der Waals surface area contributed by atoms with E-state index in [1.54, 1.807) is 36.4 Å². The monoisotopic (exact) mass is 478 g/mol. The molecule has 0 bridgehead atoms. The minimum atomic E-state index is -0.365. The third-order valence-electron chi connectivity index (χ3n) is 5.25. The largest absolute Gasteiger partial charge is 0.495 e. The van der Waals surface area contributed by atoms with Crippen molar-refractivity contribution < 1.29 is 33.3 Å². The van der Waals surface area contributed by atoms with Crippen molar-refractivity contribution in [3.63, 3.8) is 0 Å². The van der Waals surface area contributed by atoms with Crippen molar-refractivity contribution in [2.75, 3.05) is 39.4 Å². The van der Waals surface area contributed by atoms with Crippen LogP contribution < -0.4 is 34.3 Å². The summed E-state index contributed by atoms with van der Waals surface area (Å²) in [6, 6.07) is 17.4. The summed E-state index contributed by atoms with van der Waals surface area (Å²) in [7, 11) is 2.99. The van der Waals surface area contributed by atoms with Crippen molar-refractivity contribution in [2.24, 2.45) is 0 Å². The highest BCUT2D eigenvalue weighted by atomic mass is 16.6. The van der Waals surface area contributed by atoms with Crippen molar-refractivity contribution >= 4 is 17.5 Å². The van der Waals surface area contributed by atoms with Gasteiger partial charge in [-0.25, -0.2) is 0 Å². The van der Waals surface area contributed by atoms with E-state index in [4.69, 9.17) is 23.7 Å². The van der Waals surface area contributed by atoms with Crippen LogP contribution in [0.5, 0.6) is 28.7 Å². The number of amides is 2. The summed E-state index contributed by atoms with van der Waals surface area (Å²) in [4.78, 5) is 25.1. The first-order chi connectivity index (χ1) is 17.1. The molecule has 35 heavy (non-hydrogen) atoms. The SMILES string of the molecule is COc1ccccc1NC(=O)COc1ccc(C(=O)NCc2cccc3c2OCCO3)cc1OC. The van der Waals surface area contributed by atoms with E-state index in [9.17, 15) is 9.59 Å². The highest BCUT2D eigenvalue weighted by molar-refractivity contribution is 5.95. The number of methoxy groups -OCH3 is 2. The average Bonchev–Trinajstić information content (AvgIpc) is 2.90. The smallest absolute Gasteiger partial charge is 0.262 e. The van der Waals surface area contributed by atoms with Gasteiger partial charge in [-0.3, -0.25) is 9.59 Å². The molecule has 1 aliphatic rings. The maximum atomic E-state index is 12.7. The first-order valence-electron chi connectivity index (χ1n) is 11.0. The summed E-state index contributed by atoms with van der Waals surface area (Å²) in [6.45, 7) is 0.989. The van der Waals surface area contributed by atoms with Crippen LogP contribution in [0.4, 0.5) is 5.69 Å². The van der Waals surface area contributed by atoms with Gasteiger partial charge in [-0.1, -0.05) is 24.3 Å². The highest BCUT2D eigenvalue weighted by Crippen LogP contribution is 2.33. The Balaban J connectivity index is 1.36. The molecule has 0 fully saturated rings. The number of fused-ring (bicyclic) bond motifs is 1. The Morgan fingerprint density at radius 3 is 2.51 bits per heavy atom. The molecule has 0 unspecified atom stereocenters. The first kappa shape index (κ1) is 23.7. The predicted molar refractivity (Wildman–Crippen MR) is 129 cm³/mol. The topological polar surface area (TPSA) is 104 Å². The van der Waals surface area contributed by atoms with Gasteiger partial charge in [-0.05, 0) is 36.4 Å². The van der Waals surface area contributed by atoms with Gasteiger partial charge in [0.15, 0.2) is 29.6 Å². The summed E-state index contributed by atoms with van der Waals surface area (Å²) in [5.41, 5.74) is 1.75. The number of benzene rings is 3. The Kier molecular flexibility index (Phi) is 7.57. The first-order valence-corrected chi connectivity index (χ1v) is 11.0. The minimum absolute atomic E-state index is 0.249. The van der Waals surface area contributed by atoms with Crippen molar-refractivity contribution in [3.8, 4) is 28.7 Å². The minimum Gasteiger partial charge on any atom is -0.495 e. The van der Waals surface area contributed by atoms with Crippen LogP contribution in [0.25, 0.3) is 0 Å². The van der Waals surface area contributed by atoms with Gasteiger partial charge in [0.1, 0.15) is 19.0 Å². The van der Waals surface area contributed by atoms with Crippen LogP contribution in [-0.4, -0.2) is 45.9 Å². The van der Waals surface area contributed by atoms with E-state index in [1.807, 2.05) is 24.3 Å². The van der Waals surface area contributed by atoms with Crippen LogP contribution in [0.3, 0.4) is 0 Å². The summed E-state index contributed by atoms with van der Waals surface area (Å²) in [6.07, 6.45) is 0. The quantitative estimate of drug-likeness (QED) is 0.486. The van der Waals surface area contributed by atoms with Crippen LogP contribution in [-0.2, 0) is 11.3 Å². The Bertz CT molecular complexity index is 1210. The maximum absolute atomic E-state index is 12.7. The molecular weight excluding hydrogens is 452 g/mol. The van der Waals surface area contributed by atoms with Gasteiger partial charge >= 0.3 is 0 Å². The normalized spacial score (nSPS) is 11.8. The van der Waals surface area contributed by atoms with Crippen molar-refractivity contribution in [1.82, 2.24) is 5.32 Å². The number of nitrogens with one attached hydrogen (secondary N) is 2. The Morgan fingerprint density at radius 2 is 1.69 bits per heavy atom. The number of ether oxygens (including phenoxy) is 5. The number of carbonyl (C=O) groups excluding carboxylic acids is 2. The summed E-state index contributed by atoms with van der Waals surface area (Å²) in [5, 5.41) is 5.62. The van der Waals surface area contributed by atoms with Gasteiger partial charge in [0, 0.05) is 17.7 Å². The highest BCUT2D eigenvalue weighted by Gasteiger charge is 2.17. The molecule has 1 aliphatic heterocycles. The molecule has 4 rings (SSSR count). The zero-order valence-corrected chi connectivity index (χ0v) is 19.5. The second kappa shape index (κ2) is 11.1. The zero-order chi connectivity index (χ0) is 24.6. The molecule has 0 radical (unpaired) electrons. The van der Waals surface area contributed by atoms with E-state index >= 15 is 0 Å². The molecule has 0 saturated carbocycles. The van der Waals surface area contributed by atoms with Crippen LogP contribution in [0.1, 0.15) is 15.9 Å². The van der Waals surface area contributed by atoms with E-state index in [0.717, 1.165) is 5.56 Å². The van der Waals surface area contributed by atoms with E-state index in [1.165, 1.54) is 14.2 Å². The molecular formula is C26H26N2O7. The zero-order valence-electron chi connectivity index (χ0n) is 19.5. The van der Waals surface area contributed by atoms with Crippen molar-refractivity contribution in [3.05, 3.63) is 71.8 Å². The molecule has 3 aromatic rings. The molecule has 0 aromatic heterocycles. The van der Waals surface area contributed by atoms with E-state index in [2.05, 4.69) is 10.6 Å².